The molecule has 0 unspecified atom stereocenters. The third-order valence-corrected chi connectivity index (χ3v) is 7.05. The number of amides is 1. The van der Waals surface area contributed by atoms with Gasteiger partial charge in [0.15, 0.2) is 0 Å². The Hall–Kier alpha value is -2.66. The molecule has 2 aromatic carbocycles. The normalized spacial score (nSPS) is 17.6. The molecule has 172 valence electrons. The highest BCUT2D eigenvalue weighted by Gasteiger charge is 2.40. The number of fused-ring (bicyclic) bond motifs is 1. The summed E-state index contributed by atoms with van der Waals surface area (Å²) in [6, 6.07) is 7.61. The summed E-state index contributed by atoms with van der Waals surface area (Å²) in [5.41, 5.74) is 1.15. The number of alkyl halides is 3. The fourth-order valence-electron chi connectivity index (χ4n) is 3.98. The van der Waals surface area contributed by atoms with Crippen molar-refractivity contribution in [2.24, 2.45) is 5.92 Å². The van der Waals surface area contributed by atoms with E-state index in [1.165, 1.54) is 4.31 Å². The first-order valence-electron chi connectivity index (χ1n) is 9.92. The van der Waals surface area contributed by atoms with Crippen LogP contribution in [0.5, 0.6) is 0 Å². The summed E-state index contributed by atoms with van der Waals surface area (Å²) < 4.78 is 76.8. The number of nitrogens with zero attached hydrogens (tertiary/aromatic N) is 2. The molecule has 0 aromatic heterocycles. The predicted octanol–water partition coefficient (Wildman–Crippen LogP) is 3.36. The quantitative estimate of drug-likeness (QED) is 0.695. The number of halogens is 4. The van der Waals surface area contributed by atoms with Crippen molar-refractivity contribution in [3.63, 3.8) is 0 Å². The van der Waals surface area contributed by atoms with Gasteiger partial charge in [0.25, 0.3) is 0 Å². The van der Waals surface area contributed by atoms with E-state index in [1.54, 1.807) is 17.0 Å². The number of hydrogen-bond acceptors (Lipinski definition) is 4. The minimum atomic E-state index is -4.62. The van der Waals surface area contributed by atoms with Gasteiger partial charge in [-0.05, 0) is 41.8 Å². The molecule has 32 heavy (non-hydrogen) atoms. The van der Waals surface area contributed by atoms with E-state index < -0.39 is 27.6 Å². The summed E-state index contributed by atoms with van der Waals surface area (Å²) in [5.74, 6) is -1.48. The zero-order valence-electron chi connectivity index (χ0n) is 17.1. The summed E-state index contributed by atoms with van der Waals surface area (Å²) in [7, 11) is -3.30. The zero-order chi connectivity index (χ0) is 23.3. The van der Waals surface area contributed by atoms with E-state index in [-0.39, 0.29) is 30.6 Å². The van der Waals surface area contributed by atoms with Crippen LogP contribution in [0.3, 0.4) is 0 Å². The van der Waals surface area contributed by atoms with Crippen molar-refractivity contribution >= 4 is 27.3 Å². The monoisotopic (exact) mass is 471 g/mol. The maximum absolute atomic E-state index is 14.3. The topological polar surface area (TPSA) is 69.7 Å². The second-order valence-electron chi connectivity index (χ2n) is 8.05. The van der Waals surface area contributed by atoms with Gasteiger partial charge >= 0.3 is 6.18 Å². The molecule has 2 aromatic rings. The average Bonchev–Trinajstić information content (AvgIpc) is 2.66. The van der Waals surface area contributed by atoms with Gasteiger partial charge in [0.2, 0.25) is 15.9 Å². The van der Waals surface area contributed by atoms with Gasteiger partial charge in [-0.2, -0.15) is 13.2 Å². The minimum Gasteiger partial charge on any atom is -0.353 e. The molecule has 1 fully saturated rings. The molecule has 0 bridgehead atoms. The molecule has 0 aliphatic carbocycles. The Morgan fingerprint density at radius 2 is 1.84 bits per heavy atom. The molecule has 11 heteroatoms. The standard InChI is InChI=1S/C21H21F4N3O3S/c1-32(30,31)28-11-14(12-28)20(29)27-8-7-16-13(10-27)3-2-4-18(16)26-19-6-5-15(9-17(19)22)21(23,24)25/h2-6,9,14,26H,7-8,10-12H2,1H3. The smallest absolute Gasteiger partial charge is 0.353 e. The lowest BCUT2D eigenvalue weighted by Crippen LogP contribution is -2.56. The van der Waals surface area contributed by atoms with Crippen LogP contribution in [0.1, 0.15) is 16.7 Å². The van der Waals surface area contributed by atoms with E-state index in [2.05, 4.69) is 5.32 Å². The first-order chi connectivity index (χ1) is 14.9. The predicted molar refractivity (Wildman–Crippen MR) is 110 cm³/mol. The lowest BCUT2D eigenvalue weighted by atomic mass is 9.95. The molecule has 2 aliphatic rings. The maximum Gasteiger partial charge on any atom is 0.416 e. The van der Waals surface area contributed by atoms with E-state index in [1.807, 2.05) is 6.07 Å². The van der Waals surface area contributed by atoms with Gasteiger partial charge in [-0.15, -0.1) is 0 Å². The molecule has 4 rings (SSSR count). The summed E-state index contributed by atoms with van der Waals surface area (Å²) >= 11 is 0. The van der Waals surface area contributed by atoms with Gasteiger partial charge in [-0.3, -0.25) is 4.79 Å². The molecular weight excluding hydrogens is 450 g/mol. The summed E-state index contributed by atoms with van der Waals surface area (Å²) in [6.07, 6.45) is -3.03. The molecule has 1 N–H and O–H groups in total. The van der Waals surface area contributed by atoms with Crippen LogP contribution in [0.2, 0.25) is 0 Å². The lowest BCUT2D eigenvalue weighted by Gasteiger charge is -2.40. The van der Waals surface area contributed by atoms with E-state index in [0.29, 0.717) is 31.3 Å². The summed E-state index contributed by atoms with van der Waals surface area (Å²) in [4.78, 5) is 14.4. The van der Waals surface area contributed by atoms with Crippen LogP contribution in [0.4, 0.5) is 28.9 Å². The van der Waals surface area contributed by atoms with Crippen molar-refractivity contribution in [2.45, 2.75) is 19.1 Å². The summed E-state index contributed by atoms with van der Waals surface area (Å²) in [6.45, 7) is 1.09. The van der Waals surface area contributed by atoms with Crippen LogP contribution in [0.15, 0.2) is 36.4 Å². The number of carbonyl (C=O) groups is 1. The van der Waals surface area contributed by atoms with Crippen LogP contribution >= 0.6 is 0 Å². The fraction of sp³-hybridized carbons (Fsp3) is 0.381. The number of rotatable bonds is 4. The van der Waals surface area contributed by atoms with Crippen LogP contribution in [0, 0.1) is 11.7 Å². The SMILES string of the molecule is CS(=O)(=O)N1CC(C(=O)N2CCc3c(cccc3Nc3ccc(C(F)(F)F)cc3F)C2)C1. The fourth-order valence-corrected chi connectivity index (χ4v) is 4.88. The molecule has 0 saturated carbocycles. The van der Waals surface area contributed by atoms with E-state index >= 15 is 0 Å². The van der Waals surface area contributed by atoms with Crippen LogP contribution in [-0.2, 0) is 34.0 Å². The lowest BCUT2D eigenvalue weighted by molar-refractivity contribution is -0.140. The molecular formula is C21H21F4N3O3S. The van der Waals surface area contributed by atoms with Crippen molar-refractivity contribution < 1.29 is 30.8 Å². The van der Waals surface area contributed by atoms with Crippen molar-refractivity contribution in [3.05, 3.63) is 58.9 Å². The van der Waals surface area contributed by atoms with Crippen molar-refractivity contribution in [2.75, 3.05) is 31.2 Å². The van der Waals surface area contributed by atoms with Crippen LogP contribution < -0.4 is 5.32 Å². The Kier molecular flexibility index (Phi) is 5.66. The Morgan fingerprint density at radius 1 is 1.12 bits per heavy atom. The highest BCUT2D eigenvalue weighted by molar-refractivity contribution is 7.88. The van der Waals surface area contributed by atoms with E-state index in [9.17, 15) is 30.8 Å². The Labute approximate surface area is 182 Å². The molecule has 6 nitrogen and oxygen atoms in total. The first-order valence-corrected chi connectivity index (χ1v) is 11.8. The molecule has 0 atom stereocenters. The molecule has 2 aliphatic heterocycles. The van der Waals surface area contributed by atoms with Gasteiger partial charge in [-0.25, -0.2) is 17.1 Å². The summed E-state index contributed by atoms with van der Waals surface area (Å²) in [5, 5.41) is 2.87. The minimum absolute atomic E-state index is 0.0692. The van der Waals surface area contributed by atoms with E-state index in [4.69, 9.17) is 0 Å². The van der Waals surface area contributed by atoms with Crippen LogP contribution in [0.25, 0.3) is 0 Å². The zero-order valence-corrected chi connectivity index (χ0v) is 17.9. The van der Waals surface area contributed by atoms with Gasteiger partial charge in [0.1, 0.15) is 5.82 Å². The van der Waals surface area contributed by atoms with Crippen molar-refractivity contribution in [1.82, 2.24) is 9.21 Å². The second-order valence-corrected chi connectivity index (χ2v) is 10.0. The Balaban J connectivity index is 1.47. The number of carbonyl (C=O) groups excluding carboxylic acids is 1. The molecule has 1 amide bonds. The Bertz CT molecular complexity index is 1160. The molecule has 1 saturated heterocycles. The highest BCUT2D eigenvalue weighted by Crippen LogP contribution is 2.34. The second kappa shape index (κ2) is 8.04. The molecule has 2 heterocycles. The third-order valence-electron chi connectivity index (χ3n) is 5.81. The molecule has 0 radical (unpaired) electrons. The van der Waals surface area contributed by atoms with Crippen molar-refractivity contribution in [1.29, 1.82) is 0 Å². The van der Waals surface area contributed by atoms with Gasteiger partial charge in [0, 0.05) is 31.9 Å². The number of anilines is 2. The highest BCUT2D eigenvalue weighted by atomic mass is 32.2. The number of hydrogen-bond donors (Lipinski definition) is 1. The Morgan fingerprint density at radius 3 is 2.47 bits per heavy atom. The number of sulfonamides is 1. The van der Waals surface area contributed by atoms with E-state index in [0.717, 1.165) is 29.5 Å². The first kappa shape index (κ1) is 22.5. The number of nitrogens with one attached hydrogen (secondary N) is 1. The molecule has 0 spiro atoms. The maximum atomic E-state index is 14.3. The largest absolute Gasteiger partial charge is 0.416 e. The van der Waals surface area contributed by atoms with Gasteiger partial charge in [-0.1, -0.05) is 12.1 Å². The van der Waals surface area contributed by atoms with Gasteiger partial charge < -0.3 is 10.2 Å². The third kappa shape index (κ3) is 4.44. The average molecular weight is 471 g/mol. The number of benzene rings is 2. The van der Waals surface area contributed by atoms with Gasteiger partial charge in [0.05, 0.1) is 23.4 Å². The van der Waals surface area contributed by atoms with Crippen LogP contribution in [-0.4, -0.2) is 49.4 Å². The van der Waals surface area contributed by atoms with Crippen molar-refractivity contribution in [3.8, 4) is 0 Å².